The Hall–Kier alpha value is -0.840. The van der Waals surface area contributed by atoms with Gasteiger partial charge in [0.1, 0.15) is 0 Å². The van der Waals surface area contributed by atoms with E-state index in [1.165, 1.54) is 21.7 Å². The Morgan fingerprint density at radius 3 is 1.32 bits per heavy atom. The van der Waals surface area contributed by atoms with Gasteiger partial charge in [-0.1, -0.05) is 98.7 Å². The molecule has 0 fully saturated rings. The molecule has 0 aliphatic heterocycles. The van der Waals surface area contributed by atoms with Crippen LogP contribution >= 0.6 is 21.0 Å². The van der Waals surface area contributed by atoms with Crippen LogP contribution in [-0.2, 0) is 10.8 Å². The fourth-order valence-corrected chi connectivity index (χ4v) is 3.44. The molecular formula is C20H28ClP. The SMILES string of the molecule is CC(C)(C)c1cccc(Pc2cccc(C(C)(C)C)c2)c1.Cl. The molecule has 0 bridgehead atoms. The summed E-state index contributed by atoms with van der Waals surface area (Å²) in [7, 11) is 0.728. The average Bonchev–Trinajstić information content (AvgIpc) is 2.37. The Kier molecular flexibility index (Phi) is 6.25. The number of rotatable bonds is 2. The van der Waals surface area contributed by atoms with Crippen molar-refractivity contribution >= 4 is 31.6 Å². The lowest BCUT2D eigenvalue weighted by Gasteiger charge is -2.21. The summed E-state index contributed by atoms with van der Waals surface area (Å²) in [6, 6.07) is 18.1. The first kappa shape index (κ1) is 19.2. The fraction of sp³-hybridized carbons (Fsp3) is 0.400. The van der Waals surface area contributed by atoms with E-state index in [1.807, 2.05) is 0 Å². The van der Waals surface area contributed by atoms with E-state index < -0.39 is 0 Å². The highest BCUT2D eigenvalue weighted by molar-refractivity contribution is 7.55. The van der Waals surface area contributed by atoms with Gasteiger partial charge in [-0.2, -0.15) is 0 Å². The molecule has 2 heteroatoms. The number of benzene rings is 2. The topological polar surface area (TPSA) is 0 Å². The van der Waals surface area contributed by atoms with Crippen LogP contribution in [0.5, 0.6) is 0 Å². The molecule has 0 aromatic heterocycles. The minimum absolute atomic E-state index is 0. The molecule has 0 aliphatic carbocycles. The zero-order valence-electron chi connectivity index (χ0n) is 14.5. The summed E-state index contributed by atoms with van der Waals surface area (Å²) in [6.45, 7) is 13.6. The van der Waals surface area contributed by atoms with Gasteiger partial charge in [0.2, 0.25) is 0 Å². The van der Waals surface area contributed by atoms with Crippen molar-refractivity contribution in [2.24, 2.45) is 0 Å². The lowest BCUT2D eigenvalue weighted by Crippen LogP contribution is -2.16. The molecule has 0 radical (unpaired) electrons. The monoisotopic (exact) mass is 334 g/mol. The first-order valence-electron chi connectivity index (χ1n) is 7.64. The van der Waals surface area contributed by atoms with Gasteiger partial charge in [-0.15, -0.1) is 12.4 Å². The zero-order valence-corrected chi connectivity index (χ0v) is 16.3. The summed E-state index contributed by atoms with van der Waals surface area (Å²) < 4.78 is 0. The van der Waals surface area contributed by atoms with Crippen LogP contribution in [-0.4, -0.2) is 0 Å². The summed E-state index contributed by atoms with van der Waals surface area (Å²) in [5, 5.41) is 2.85. The molecular weight excluding hydrogens is 307 g/mol. The van der Waals surface area contributed by atoms with E-state index in [2.05, 4.69) is 90.1 Å². The van der Waals surface area contributed by atoms with E-state index in [-0.39, 0.29) is 23.2 Å². The summed E-state index contributed by atoms with van der Waals surface area (Å²) in [4.78, 5) is 0. The van der Waals surface area contributed by atoms with Crippen molar-refractivity contribution in [3.63, 3.8) is 0 Å². The van der Waals surface area contributed by atoms with Gasteiger partial charge in [0.25, 0.3) is 0 Å². The lowest BCUT2D eigenvalue weighted by molar-refractivity contribution is 0.590. The Bertz CT molecular complexity index is 563. The predicted octanol–water partition coefficient (Wildman–Crippen LogP) is 5.33. The van der Waals surface area contributed by atoms with Gasteiger partial charge in [-0.3, -0.25) is 0 Å². The molecule has 2 aromatic rings. The van der Waals surface area contributed by atoms with Crippen molar-refractivity contribution in [2.75, 3.05) is 0 Å². The van der Waals surface area contributed by atoms with E-state index in [4.69, 9.17) is 0 Å². The van der Waals surface area contributed by atoms with Crippen molar-refractivity contribution < 1.29 is 0 Å². The second-order valence-corrected chi connectivity index (χ2v) is 9.19. The van der Waals surface area contributed by atoms with Crippen molar-refractivity contribution in [1.29, 1.82) is 0 Å². The molecule has 0 heterocycles. The van der Waals surface area contributed by atoms with E-state index in [9.17, 15) is 0 Å². The maximum Gasteiger partial charge on any atom is -0.0132 e. The van der Waals surface area contributed by atoms with Crippen molar-refractivity contribution in [3.8, 4) is 0 Å². The van der Waals surface area contributed by atoms with E-state index in [1.54, 1.807) is 0 Å². The van der Waals surface area contributed by atoms with Gasteiger partial charge in [0.05, 0.1) is 0 Å². The minimum Gasteiger partial charge on any atom is -0.147 e. The van der Waals surface area contributed by atoms with Crippen molar-refractivity contribution in [2.45, 2.75) is 52.4 Å². The molecule has 0 aliphatic rings. The van der Waals surface area contributed by atoms with Crippen LogP contribution in [0.1, 0.15) is 52.7 Å². The van der Waals surface area contributed by atoms with Crippen LogP contribution in [0.25, 0.3) is 0 Å². The Morgan fingerprint density at radius 2 is 1.00 bits per heavy atom. The van der Waals surface area contributed by atoms with E-state index >= 15 is 0 Å². The maximum absolute atomic E-state index is 2.36. The molecule has 0 saturated carbocycles. The molecule has 0 nitrogen and oxygen atoms in total. The Labute approximate surface area is 143 Å². The predicted molar refractivity (Wildman–Crippen MR) is 105 cm³/mol. The summed E-state index contributed by atoms with van der Waals surface area (Å²) in [6.07, 6.45) is 0. The van der Waals surface area contributed by atoms with Crippen LogP contribution < -0.4 is 10.6 Å². The van der Waals surface area contributed by atoms with Crippen LogP contribution in [0.15, 0.2) is 48.5 Å². The second kappa shape index (κ2) is 7.16. The number of halogens is 1. The summed E-state index contributed by atoms with van der Waals surface area (Å²) >= 11 is 0. The molecule has 0 saturated heterocycles. The van der Waals surface area contributed by atoms with Crippen molar-refractivity contribution in [3.05, 3.63) is 59.7 Å². The minimum atomic E-state index is 0. The van der Waals surface area contributed by atoms with Gasteiger partial charge >= 0.3 is 0 Å². The molecule has 0 spiro atoms. The highest BCUT2D eigenvalue weighted by Gasteiger charge is 2.15. The molecule has 0 atom stereocenters. The fourth-order valence-electron chi connectivity index (χ4n) is 2.29. The van der Waals surface area contributed by atoms with Crippen LogP contribution in [0, 0.1) is 0 Å². The first-order chi connectivity index (χ1) is 9.66. The van der Waals surface area contributed by atoms with Crippen LogP contribution in [0.4, 0.5) is 0 Å². The Morgan fingerprint density at radius 1 is 0.636 bits per heavy atom. The summed E-state index contributed by atoms with van der Waals surface area (Å²) in [5.74, 6) is 0. The largest absolute Gasteiger partial charge is 0.147 e. The standard InChI is InChI=1S/C20H27P.ClH/c1-19(2,3)15-9-7-11-17(13-15)21-18-12-8-10-16(14-18)20(4,5)6;/h7-14,21H,1-6H3;1H. The molecule has 2 rings (SSSR count). The molecule has 2 aromatic carbocycles. The molecule has 120 valence electrons. The average molecular weight is 335 g/mol. The third kappa shape index (κ3) is 5.11. The molecule has 0 N–H and O–H groups in total. The third-order valence-corrected chi connectivity index (χ3v) is 4.95. The highest BCUT2D eigenvalue weighted by atomic mass is 35.5. The molecule has 0 amide bonds. The van der Waals surface area contributed by atoms with Gasteiger partial charge in [-0.25, -0.2) is 0 Å². The number of hydrogen-bond acceptors (Lipinski definition) is 0. The lowest BCUT2D eigenvalue weighted by atomic mass is 9.87. The molecule has 22 heavy (non-hydrogen) atoms. The molecule has 0 unspecified atom stereocenters. The van der Waals surface area contributed by atoms with Gasteiger partial charge < -0.3 is 0 Å². The smallest absolute Gasteiger partial charge is 0.0132 e. The normalized spacial score (nSPS) is 11.9. The summed E-state index contributed by atoms with van der Waals surface area (Å²) in [5.41, 5.74) is 3.26. The van der Waals surface area contributed by atoms with E-state index in [0.29, 0.717) is 0 Å². The second-order valence-electron chi connectivity index (χ2n) is 7.79. The Balaban J connectivity index is 0.00000242. The third-order valence-electron chi connectivity index (χ3n) is 3.75. The zero-order chi connectivity index (χ0) is 15.7. The van der Waals surface area contributed by atoms with Gasteiger partial charge in [0.15, 0.2) is 0 Å². The first-order valence-corrected chi connectivity index (χ1v) is 8.64. The quantitative estimate of drug-likeness (QED) is 0.651. The van der Waals surface area contributed by atoms with Gasteiger partial charge in [0, 0.05) is 0 Å². The van der Waals surface area contributed by atoms with Crippen LogP contribution in [0.2, 0.25) is 0 Å². The highest BCUT2D eigenvalue weighted by Crippen LogP contribution is 2.25. The van der Waals surface area contributed by atoms with E-state index in [0.717, 1.165) is 8.58 Å². The maximum atomic E-state index is 2.36. The van der Waals surface area contributed by atoms with Crippen LogP contribution in [0.3, 0.4) is 0 Å². The van der Waals surface area contributed by atoms with Crippen molar-refractivity contribution in [1.82, 2.24) is 0 Å². The number of hydrogen-bond donors (Lipinski definition) is 0. The van der Waals surface area contributed by atoms with Gasteiger partial charge in [-0.05, 0) is 32.6 Å².